The van der Waals surface area contributed by atoms with Crippen molar-refractivity contribution in [1.82, 2.24) is 5.32 Å². The lowest BCUT2D eigenvalue weighted by molar-refractivity contribution is 0.251. The SMILES string of the molecule is CCC1(C)CN(c2cccc(F)c2F)C(C(C)C)CN1. The molecule has 0 aromatic heterocycles. The van der Waals surface area contributed by atoms with Crippen molar-refractivity contribution >= 4 is 5.69 Å². The molecule has 1 N–H and O–H groups in total. The second-order valence-corrected chi connectivity index (χ2v) is 6.31. The third-order valence-electron chi connectivity index (χ3n) is 4.45. The van der Waals surface area contributed by atoms with E-state index in [-0.39, 0.29) is 11.6 Å². The Kier molecular flexibility index (Phi) is 4.33. The summed E-state index contributed by atoms with van der Waals surface area (Å²) in [6, 6.07) is 4.60. The molecule has 0 amide bonds. The highest BCUT2D eigenvalue weighted by molar-refractivity contribution is 5.50. The van der Waals surface area contributed by atoms with Crippen molar-refractivity contribution in [3.63, 3.8) is 0 Å². The van der Waals surface area contributed by atoms with Crippen LogP contribution in [-0.4, -0.2) is 24.7 Å². The Balaban J connectivity index is 2.39. The molecule has 1 fully saturated rings. The highest BCUT2D eigenvalue weighted by atomic mass is 19.2. The van der Waals surface area contributed by atoms with Crippen molar-refractivity contribution in [1.29, 1.82) is 0 Å². The molecule has 0 saturated carbocycles. The molecule has 2 unspecified atom stereocenters. The zero-order chi connectivity index (χ0) is 14.9. The summed E-state index contributed by atoms with van der Waals surface area (Å²) in [6.45, 7) is 9.96. The van der Waals surface area contributed by atoms with Gasteiger partial charge in [-0.15, -0.1) is 0 Å². The molecule has 112 valence electrons. The quantitative estimate of drug-likeness (QED) is 0.912. The average Bonchev–Trinajstić information content (AvgIpc) is 2.41. The van der Waals surface area contributed by atoms with Crippen LogP contribution in [0.3, 0.4) is 0 Å². The third-order valence-corrected chi connectivity index (χ3v) is 4.45. The first-order chi connectivity index (χ1) is 9.38. The molecule has 2 rings (SSSR count). The van der Waals surface area contributed by atoms with Crippen molar-refractivity contribution in [2.75, 3.05) is 18.0 Å². The fourth-order valence-electron chi connectivity index (χ4n) is 2.82. The van der Waals surface area contributed by atoms with E-state index >= 15 is 0 Å². The van der Waals surface area contributed by atoms with Gasteiger partial charge in [0.25, 0.3) is 0 Å². The molecule has 4 heteroatoms. The van der Waals surface area contributed by atoms with E-state index in [1.54, 1.807) is 12.1 Å². The monoisotopic (exact) mass is 282 g/mol. The molecule has 2 atom stereocenters. The van der Waals surface area contributed by atoms with Gasteiger partial charge in [0.05, 0.1) is 5.69 Å². The Morgan fingerprint density at radius 3 is 2.70 bits per heavy atom. The molecule has 1 saturated heterocycles. The van der Waals surface area contributed by atoms with Gasteiger partial charge in [-0.3, -0.25) is 0 Å². The number of nitrogens with zero attached hydrogens (tertiary/aromatic N) is 1. The number of anilines is 1. The second-order valence-electron chi connectivity index (χ2n) is 6.31. The second kappa shape index (κ2) is 5.68. The van der Waals surface area contributed by atoms with Crippen LogP contribution in [0.5, 0.6) is 0 Å². The van der Waals surface area contributed by atoms with Crippen LogP contribution in [-0.2, 0) is 0 Å². The first kappa shape index (κ1) is 15.2. The fourth-order valence-corrected chi connectivity index (χ4v) is 2.82. The maximum absolute atomic E-state index is 14.1. The smallest absolute Gasteiger partial charge is 0.182 e. The molecule has 1 aromatic rings. The fraction of sp³-hybridized carbons (Fsp3) is 0.625. The average molecular weight is 282 g/mol. The van der Waals surface area contributed by atoms with Gasteiger partial charge in [-0.1, -0.05) is 26.8 Å². The van der Waals surface area contributed by atoms with Crippen molar-refractivity contribution < 1.29 is 8.78 Å². The third kappa shape index (κ3) is 2.80. The molecule has 1 aliphatic heterocycles. The highest BCUT2D eigenvalue weighted by Crippen LogP contribution is 2.30. The minimum absolute atomic E-state index is 0.0653. The van der Waals surface area contributed by atoms with Gasteiger partial charge in [0.2, 0.25) is 0 Å². The van der Waals surface area contributed by atoms with Crippen LogP contribution in [0, 0.1) is 17.6 Å². The van der Waals surface area contributed by atoms with Crippen molar-refractivity contribution in [3.05, 3.63) is 29.8 Å². The summed E-state index contributed by atoms with van der Waals surface area (Å²) in [5.41, 5.74) is 0.314. The summed E-state index contributed by atoms with van der Waals surface area (Å²) in [5, 5.41) is 3.55. The summed E-state index contributed by atoms with van der Waals surface area (Å²) in [4.78, 5) is 2.03. The normalized spacial score (nSPS) is 27.1. The molecule has 1 heterocycles. The minimum atomic E-state index is -0.776. The first-order valence-corrected chi connectivity index (χ1v) is 7.33. The maximum Gasteiger partial charge on any atom is 0.182 e. The highest BCUT2D eigenvalue weighted by Gasteiger charge is 2.37. The zero-order valence-electron chi connectivity index (χ0n) is 12.7. The van der Waals surface area contributed by atoms with Crippen LogP contribution >= 0.6 is 0 Å². The molecule has 1 aromatic carbocycles. The van der Waals surface area contributed by atoms with E-state index in [0.29, 0.717) is 18.2 Å². The van der Waals surface area contributed by atoms with E-state index < -0.39 is 11.6 Å². The largest absolute Gasteiger partial charge is 0.363 e. The van der Waals surface area contributed by atoms with E-state index in [1.807, 2.05) is 4.90 Å². The Bertz CT molecular complexity index is 476. The molecule has 20 heavy (non-hydrogen) atoms. The summed E-state index contributed by atoms with van der Waals surface area (Å²) >= 11 is 0. The number of rotatable bonds is 3. The number of hydrogen-bond donors (Lipinski definition) is 1. The topological polar surface area (TPSA) is 15.3 Å². The number of hydrogen-bond acceptors (Lipinski definition) is 2. The van der Waals surface area contributed by atoms with Crippen LogP contribution in [0.15, 0.2) is 18.2 Å². The maximum atomic E-state index is 14.1. The van der Waals surface area contributed by atoms with Gasteiger partial charge in [-0.25, -0.2) is 8.78 Å². The molecule has 0 spiro atoms. The molecule has 2 nitrogen and oxygen atoms in total. The van der Waals surface area contributed by atoms with Gasteiger partial charge in [0, 0.05) is 24.7 Å². The van der Waals surface area contributed by atoms with E-state index in [4.69, 9.17) is 0 Å². The summed E-state index contributed by atoms with van der Waals surface area (Å²) in [7, 11) is 0. The predicted molar refractivity (Wildman–Crippen MR) is 79.0 cm³/mol. The van der Waals surface area contributed by atoms with Crippen LogP contribution < -0.4 is 10.2 Å². The predicted octanol–water partition coefficient (Wildman–Crippen LogP) is 3.57. The minimum Gasteiger partial charge on any atom is -0.363 e. The lowest BCUT2D eigenvalue weighted by Crippen LogP contribution is -2.64. The number of nitrogens with one attached hydrogen (secondary N) is 1. The Morgan fingerprint density at radius 1 is 1.40 bits per heavy atom. The first-order valence-electron chi connectivity index (χ1n) is 7.33. The Hall–Kier alpha value is -1.16. The summed E-state index contributed by atoms with van der Waals surface area (Å²) in [5.74, 6) is -1.15. The zero-order valence-corrected chi connectivity index (χ0v) is 12.7. The molecule has 0 bridgehead atoms. The van der Waals surface area contributed by atoms with Gasteiger partial charge >= 0.3 is 0 Å². The van der Waals surface area contributed by atoms with Crippen LogP contribution in [0.2, 0.25) is 0 Å². The molecule has 0 radical (unpaired) electrons. The van der Waals surface area contributed by atoms with Crippen LogP contribution in [0.4, 0.5) is 14.5 Å². The molecular formula is C16H24F2N2. The number of piperazine rings is 1. The van der Waals surface area contributed by atoms with Gasteiger partial charge in [-0.05, 0) is 31.4 Å². The molecule has 1 aliphatic rings. The lowest BCUT2D eigenvalue weighted by Gasteiger charge is -2.48. The van der Waals surface area contributed by atoms with Gasteiger partial charge in [0.15, 0.2) is 11.6 Å². The van der Waals surface area contributed by atoms with Crippen molar-refractivity contribution in [3.8, 4) is 0 Å². The Morgan fingerprint density at radius 2 is 2.10 bits per heavy atom. The van der Waals surface area contributed by atoms with Crippen molar-refractivity contribution in [2.24, 2.45) is 5.92 Å². The van der Waals surface area contributed by atoms with Crippen LogP contribution in [0.1, 0.15) is 34.1 Å². The van der Waals surface area contributed by atoms with Gasteiger partial charge in [-0.2, -0.15) is 0 Å². The molecule has 0 aliphatic carbocycles. The summed E-state index contributed by atoms with van der Waals surface area (Å²) in [6.07, 6.45) is 0.950. The lowest BCUT2D eigenvalue weighted by atomic mass is 9.89. The number of halogens is 2. The Labute approximate surface area is 120 Å². The standard InChI is InChI=1S/C16H24F2N2/c1-5-16(4)10-20(14(9-19-16)11(2)3)13-8-6-7-12(17)15(13)18/h6-8,11,14,19H,5,9-10H2,1-4H3. The van der Waals surface area contributed by atoms with Crippen LogP contribution in [0.25, 0.3) is 0 Å². The van der Waals surface area contributed by atoms with Gasteiger partial charge in [0.1, 0.15) is 0 Å². The van der Waals surface area contributed by atoms with E-state index in [9.17, 15) is 8.78 Å². The van der Waals surface area contributed by atoms with E-state index in [1.165, 1.54) is 6.07 Å². The van der Waals surface area contributed by atoms with E-state index in [2.05, 4.69) is 33.0 Å². The van der Waals surface area contributed by atoms with Crippen molar-refractivity contribution in [2.45, 2.75) is 45.7 Å². The number of benzene rings is 1. The van der Waals surface area contributed by atoms with Gasteiger partial charge < -0.3 is 10.2 Å². The molecular weight excluding hydrogens is 258 g/mol. The van der Waals surface area contributed by atoms with E-state index in [0.717, 1.165) is 13.0 Å². The summed E-state index contributed by atoms with van der Waals surface area (Å²) < 4.78 is 27.7.